The fourth-order valence-electron chi connectivity index (χ4n) is 4.69. The molecule has 0 spiro atoms. The molecule has 178 valence electrons. The topological polar surface area (TPSA) is 105 Å². The molecule has 3 N–H and O–H groups in total. The number of rotatable bonds is 7. The summed E-state index contributed by atoms with van der Waals surface area (Å²) in [7, 11) is 0. The number of amides is 2. The molecule has 0 fully saturated rings. The predicted octanol–water partition coefficient (Wildman–Crippen LogP) is 4.23. The number of carbonyl (C=O) groups is 3. The van der Waals surface area contributed by atoms with E-state index in [0.717, 1.165) is 22.3 Å². The molecule has 2 aromatic carbocycles. The van der Waals surface area contributed by atoms with Gasteiger partial charge in [0.15, 0.2) is 0 Å². The summed E-state index contributed by atoms with van der Waals surface area (Å²) in [5.41, 5.74) is 3.33. The number of nitrogens with one attached hydrogen (secondary N) is 2. The smallest absolute Gasteiger partial charge is 0.408 e. The SMILES string of the molecule is CCC(C)(NC(=O)OCC1c2ccccc2-c2ccccc21)C(=O)N[C@H]1C=CC[C@H](C(=O)O)C1. The van der Waals surface area contributed by atoms with Crippen LogP contribution in [0.3, 0.4) is 0 Å². The molecule has 0 aliphatic heterocycles. The fourth-order valence-corrected chi connectivity index (χ4v) is 4.69. The Hall–Kier alpha value is -3.61. The summed E-state index contributed by atoms with van der Waals surface area (Å²) in [5.74, 6) is -1.85. The Kier molecular flexibility index (Phi) is 6.72. The number of aliphatic carboxylic acids is 1. The molecule has 0 bridgehead atoms. The minimum Gasteiger partial charge on any atom is -0.481 e. The number of ether oxygens (including phenoxy) is 1. The van der Waals surface area contributed by atoms with Crippen molar-refractivity contribution in [2.24, 2.45) is 5.92 Å². The van der Waals surface area contributed by atoms with Crippen molar-refractivity contribution < 1.29 is 24.2 Å². The van der Waals surface area contributed by atoms with E-state index >= 15 is 0 Å². The zero-order chi connectivity index (χ0) is 24.3. The first-order valence-corrected chi connectivity index (χ1v) is 11.7. The van der Waals surface area contributed by atoms with Crippen molar-refractivity contribution in [2.75, 3.05) is 6.61 Å². The van der Waals surface area contributed by atoms with Gasteiger partial charge in [-0.25, -0.2) is 4.79 Å². The fraction of sp³-hybridized carbons (Fsp3) is 0.370. The lowest BCUT2D eigenvalue weighted by atomic mass is 9.90. The van der Waals surface area contributed by atoms with Crippen LogP contribution in [0.2, 0.25) is 0 Å². The van der Waals surface area contributed by atoms with Crippen molar-refractivity contribution >= 4 is 18.0 Å². The maximum Gasteiger partial charge on any atom is 0.408 e. The van der Waals surface area contributed by atoms with E-state index in [1.54, 1.807) is 26.0 Å². The van der Waals surface area contributed by atoms with Gasteiger partial charge in [0.05, 0.1) is 5.92 Å². The second-order valence-electron chi connectivity index (χ2n) is 9.15. The third-order valence-corrected chi connectivity index (χ3v) is 6.92. The first-order chi connectivity index (χ1) is 16.3. The Labute approximate surface area is 199 Å². The molecule has 2 aliphatic rings. The van der Waals surface area contributed by atoms with Crippen LogP contribution >= 0.6 is 0 Å². The molecule has 7 nitrogen and oxygen atoms in total. The molecule has 2 aromatic rings. The molecule has 4 rings (SSSR count). The summed E-state index contributed by atoms with van der Waals surface area (Å²) in [4.78, 5) is 37.0. The number of carbonyl (C=O) groups excluding carboxylic acids is 2. The van der Waals surface area contributed by atoms with Crippen molar-refractivity contribution in [1.29, 1.82) is 0 Å². The molecular weight excluding hydrogens is 432 g/mol. The van der Waals surface area contributed by atoms with Crippen LogP contribution in [-0.4, -0.2) is 41.3 Å². The van der Waals surface area contributed by atoms with E-state index in [9.17, 15) is 19.5 Å². The number of carboxylic acids is 1. The van der Waals surface area contributed by atoms with Gasteiger partial charge < -0.3 is 20.5 Å². The molecule has 7 heteroatoms. The molecule has 0 saturated heterocycles. The van der Waals surface area contributed by atoms with Crippen LogP contribution in [0.1, 0.15) is 50.2 Å². The van der Waals surface area contributed by atoms with Gasteiger partial charge in [-0.2, -0.15) is 0 Å². The molecule has 34 heavy (non-hydrogen) atoms. The third-order valence-electron chi connectivity index (χ3n) is 6.92. The minimum absolute atomic E-state index is 0.0693. The summed E-state index contributed by atoms with van der Waals surface area (Å²) < 4.78 is 5.60. The van der Waals surface area contributed by atoms with Gasteiger partial charge in [0.1, 0.15) is 12.1 Å². The van der Waals surface area contributed by atoms with Crippen molar-refractivity contribution in [1.82, 2.24) is 10.6 Å². The number of fused-ring (bicyclic) bond motifs is 3. The second kappa shape index (κ2) is 9.71. The molecule has 1 unspecified atom stereocenters. The number of allylic oxidation sites excluding steroid dienone is 1. The Morgan fingerprint density at radius 1 is 1.06 bits per heavy atom. The van der Waals surface area contributed by atoms with Gasteiger partial charge in [-0.05, 0) is 48.4 Å². The Morgan fingerprint density at radius 3 is 2.26 bits per heavy atom. The quantitative estimate of drug-likeness (QED) is 0.534. The van der Waals surface area contributed by atoms with Crippen LogP contribution < -0.4 is 10.6 Å². The van der Waals surface area contributed by atoms with Crippen molar-refractivity contribution in [3.63, 3.8) is 0 Å². The highest BCUT2D eigenvalue weighted by molar-refractivity contribution is 5.90. The summed E-state index contributed by atoms with van der Waals surface area (Å²) in [6, 6.07) is 15.8. The highest BCUT2D eigenvalue weighted by Gasteiger charge is 2.36. The van der Waals surface area contributed by atoms with Crippen LogP contribution in [0, 0.1) is 5.92 Å². The van der Waals surface area contributed by atoms with E-state index in [0.29, 0.717) is 19.3 Å². The first kappa shape index (κ1) is 23.5. The molecule has 2 aliphatic carbocycles. The summed E-state index contributed by atoms with van der Waals surface area (Å²) in [5, 5.41) is 14.9. The standard InChI is InChI=1S/C27H30N2O5/c1-3-27(2,25(32)28-18-10-8-9-17(15-18)24(30)31)29-26(33)34-16-23-21-13-6-4-11-19(21)20-12-5-7-14-22(20)23/h4-8,10-14,17-18,23H,3,9,15-16H2,1-2H3,(H,28,32)(H,29,33)(H,30,31)/t17-,18-,27?/m0/s1. The number of hydrogen-bond acceptors (Lipinski definition) is 4. The van der Waals surface area contributed by atoms with Gasteiger partial charge in [0.2, 0.25) is 5.91 Å². The van der Waals surface area contributed by atoms with Crippen molar-refractivity contribution in [3.05, 3.63) is 71.8 Å². The molecule has 0 radical (unpaired) electrons. The summed E-state index contributed by atoms with van der Waals surface area (Å²) in [6.45, 7) is 3.61. The van der Waals surface area contributed by atoms with Gasteiger partial charge in [0, 0.05) is 12.0 Å². The highest BCUT2D eigenvalue weighted by atomic mass is 16.5. The largest absolute Gasteiger partial charge is 0.481 e. The molecule has 0 heterocycles. The minimum atomic E-state index is -1.19. The van der Waals surface area contributed by atoms with E-state index in [1.165, 1.54) is 0 Å². The summed E-state index contributed by atoms with van der Waals surface area (Å²) in [6.07, 6.45) is 4.04. The lowest BCUT2D eigenvalue weighted by Crippen LogP contribution is -2.58. The lowest BCUT2D eigenvalue weighted by Gasteiger charge is -2.31. The number of benzene rings is 2. The van der Waals surface area contributed by atoms with Crippen LogP contribution in [0.25, 0.3) is 11.1 Å². The molecule has 0 saturated carbocycles. The second-order valence-corrected chi connectivity index (χ2v) is 9.15. The normalized spacial score (nSPS) is 20.5. The van der Waals surface area contributed by atoms with E-state index < -0.39 is 29.6 Å². The van der Waals surface area contributed by atoms with E-state index in [1.807, 2.05) is 36.4 Å². The number of alkyl carbamates (subject to hydrolysis) is 1. The third kappa shape index (κ3) is 4.69. The van der Waals surface area contributed by atoms with Gasteiger partial charge in [-0.15, -0.1) is 0 Å². The van der Waals surface area contributed by atoms with Crippen LogP contribution in [-0.2, 0) is 14.3 Å². The average molecular weight is 463 g/mol. The van der Waals surface area contributed by atoms with E-state index in [4.69, 9.17) is 4.74 Å². The van der Waals surface area contributed by atoms with Crippen LogP contribution in [0.4, 0.5) is 4.79 Å². The maximum absolute atomic E-state index is 13.0. The molecule has 3 atom stereocenters. The van der Waals surface area contributed by atoms with Gasteiger partial charge >= 0.3 is 12.1 Å². The van der Waals surface area contributed by atoms with Crippen molar-refractivity contribution in [2.45, 2.75) is 50.6 Å². The van der Waals surface area contributed by atoms with Gasteiger partial charge in [0.25, 0.3) is 0 Å². The van der Waals surface area contributed by atoms with E-state index in [2.05, 4.69) is 22.8 Å². The molecule has 0 aromatic heterocycles. The van der Waals surface area contributed by atoms with Crippen LogP contribution in [0.5, 0.6) is 0 Å². The predicted molar refractivity (Wildman–Crippen MR) is 128 cm³/mol. The average Bonchev–Trinajstić information content (AvgIpc) is 3.16. The van der Waals surface area contributed by atoms with Gasteiger partial charge in [-0.1, -0.05) is 67.6 Å². The lowest BCUT2D eigenvalue weighted by molar-refractivity contribution is -0.142. The van der Waals surface area contributed by atoms with E-state index in [-0.39, 0.29) is 18.4 Å². The number of carboxylic acid groups (broad SMARTS) is 1. The zero-order valence-electron chi connectivity index (χ0n) is 19.4. The Balaban J connectivity index is 1.39. The molecular formula is C27H30N2O5. The Morgan fingerprint density at radius 2 is 1.68 bits per heavy atom. The van der Waals surface area contributed by atoms with Crippen LogP contribution in [0.15, 0.2) is 60.7 Å². The first-order valence-electron chi connectivity index (χ1n) is 11.7. The highest BCUT2D eigenvalue weighted by Crippen LogP contribution is 2.44. The Bertz CT molecular complexity index is 1080. The molecule has 2 amide bonds. The van der Waals surface area contributed by atoms with Gasteiger partial charge in [-0.3, -0.25) is 9.59 Å². The number of hydrogen-bond donors (Lipinski definition) is 3. The zero-order valence-corrected chi connectivity index (χ0v) is 19.4. The maximum atomic E-state index is 13.0. The van der Waals surface area contributed by atoms with Crippen molar-refractivity contribution in [3.8, 4) is 11.1 Å². The monoisotopic (exact) mass is 462 g/mol. The summed E-state index contributed by atoms with van der Waals surface area (Å²) >= 11 is 0.